The third-order valence-electron chi connectivity index (χ3n) is 4.90. The zero-order valence-corrected chi connectivity index (χ0v) is 21.0. The molecule has 1 aliphatic rings. The Balaban J connectivity index is 0.000000280. The van der Waals surface area contributed by atoms with Gasteiger partial charge in [0, 0.05) is 24.4 Å². The number of rotatable bonds is 5. The van der Waals surface area contributed by atoms with E-state index in [-0.39, 0.29) is 0 Å². The van der Waals surface area contributed by atoms with Gasteiger partial charge in [-0.05, 0) is 36.7 Å². The molecular weight excluding hydrogens is 386 g/mol. The molecule has 1 N–H and O–H groups in total. The first-order valence-electron chi connectivity index (χ1n) is 11.1. The second kappa shape index (κ2) is 12.7. The molecule has 4 heteroatoms. The van der Waals surface area contributed by atoms with Gasteiger partial charge in [0.05, 0.1) is 16.1 Å². The second-order valence-electron chi connectivity index (χ2n) is 9.03. The molecule has 1 atom stereocenters. The van der Waals surface area contributed by atoms with Crippen molar-refractivity contribution in [2.45, 2.75) is 67.9 Å². The third-order valence-corrected chi connectivity index (χ3v) is 5.87. The number of thiazole rings is 1. The SMILES string of the molecule is C=C(CC(C)(C)C)N1CCC(C)C1.C=[NH+]Cc1ccc(-c2scnc2C)cc1.CC. The first-order chi connectivity index (χ1) is 14.2. The minimum Gasteiger partial charge on any atom is -0.375 e. The average Bonchev–Trinajstić information content (AvgIpc) is 3.32. The van der Waals surface area contributed by atoms with E-state index in [1.165, 1.54) is 41.2 Å². The van der Waals surface area contributed by atoms with E-state index in [2.05, 4.69) is 80.1 Å². The molecule has 0 bridgehead atoms. The molecule has 0 amide bonds. The summed E-state index contributed by atoms with van der Waals surface area (Å²) in [4.78, 5) is 10.8. The summed E-state index contributed by atoms with van der Waals surface area (Å²) in [5, 5.41) is 0. The molecule has 1 aromatic carbocycles. The van der Waals surface area contributed by atoms with E-state index in [1.807, 2.05) is 26.3 Å². The Kier molecular flexibility index (Phi) is 11.0. The van der Waals surface area contributed by atoms with Crippen molar-refractivity contribution in [2.75, 3.05) is 13.1 Å². The van der Waals surface area contributed by atoms with Gasteiger partial charge in [0.15, 0.2) is 6.54 Å². The first-order valence-corrected chi connectivity index (χ1v) is 12.0. The van der Waals surface area contributed by atoms with E-state index in [4.69, 9.17) is 0 Å². The number of aromatic nitrogens is 1. The molecular formula is C26H42N3S+. The van der Waals surface area contributed by atoms with Gasteiger partial charge in [-0.15, -0.1) is 11.3 Å². The number of nitrogens with one attached hydrogen (secondary N) is 1. The van der Waals surface area contributed by atoms with Crippen molar-refractivity contribution in [3.63, 3.8) is 0 Å². The first kappa shape index (κ1) is 26.1. The second-order valence-corrected chi connectivity index (χ2v) is 9.89. The van der Waals surface area contributed by atoms with Crippen LogP contribution in [0.15, 0.2) is 42.1 Å². The molecule has 2 aromatic rings. The largest absolute Gasteiger partial charge is 0.375 e. The normalized spacial score (nSPS) is 15.6. The van der Waals surface area contributed by atoms with Crippen LogP contribution in [0.25, 0.3) is 10.4 Å². The van der Waals surface area contributed by atoms with Crippen LogP contribution in [-0.2, 0) is 6.54 Å². The number of nitrogens with zero attached hydrogens (tertiary/aromatic N) is 2. The Hall–Kier alpha value is -1.94. The maximum atomic E-state index is 4.25. The smallest absolute Gasteiger partial charge is 0.165 e. The number of likely N-dealkylation sites (tertiary alicyclic amines) is 1. The molecule has 0 saturated carbocycles. The van der Waals surface area contributed by atoms with Crippen LogP contribution >= 0.6 is 11.3 Å². The predicted octanol–water partition coefficient (Wildman–Crippen LogP) is 5.70. The van der Waals surface area contributed by atoms with Crippen molar-refractivity contribution in [1.29, 1.82) is 0 Å². The Morgan fingerprint density at radius 1 is 1.23 bits per heavy atom. The molecule has 0 spiro atoms. The molecule has 1 aromatic heterocycles. The summed E-state index contributed by atoms with van der Waals surface area (Å²) < 4.78 is 0. The highest BCUT2D eigenvalue weighted by Gasteiger charge is 2.22. The minimum absolute atomic E-state index is 0.378. The van der Waals surface area contributed by atoms with E-state index in [0.29, 0.717) is 5.41 Å². The zero-order chi connectivity index (χ0) is 22.7. The van der Waals surface area contributed by atoms with Gasteiger partial charge in [0.25, 0.3) is 0 Å². The topological polar surface area (TPSA) is 30.1 Å². The highest BCUT2D eigenvalue weighted by atomic mass is 32.1. The van der Waals surface area contributed by atoms with Crippen LogP contribution in [0.3, 0.4) is 0 Å². The summed E-state index contributed by atoms with van der Waals surface area (Å²) in [5.41, 5.74) is 7.18. The molecule has 1 unspecified atom stereocenters. The maximum Gasteiger partial charge on any atom is 0.165 e. The van der Waals surface area contributed by atoms with E-state index >= 15 is 0 Å². The van der Waals surface area contributed by atoms with E-state index in [1.54, 1.807) is 11.3 Å². The molecule has 0 radical (unpaired) electrons. The Labute approximate surface area is 189 Å². The van der Waals surface area contributed by atoms with Crippen LogP contribution in [0.4, 0.5) is 0 Å². The lowest BCUT2D eigenvalue weighted by atomic mass is 9.90. The summed E-state index contributed by atoms with van der Waals surface area (Å²) in [7, 11) is 0. The van der Waals surface area contributed by atoms with Crippen LogP contribution in [0, 0.1) is 18.3 Å². The fourth-order valence-corrected chi connectivity index (χ4v) is 4.26. The van der Waals surface area contributed by atoms with Crippen LogP contribution in [0.5, 0.6) is 0 Å². The summed E-state index contributed by atoms with van der Waals surface area (Å²) in [5.74, 6) is 0.858. The summed E-state index contributed by atoms with van der Waals surface area (Å²) in [6.45, 7) is 26.2. The minimum atomic E-state index is 0.378. The molecule has 2 heterocycles. The van der Waals surface area contributed by atoms with Gasteiger partial charge in [0.2, 0.25) is 0 Å². The van der Waals surface area contributed by atoms with Gasteiger partial charge in [0.1, 0.15) is 6.72 Å². The van der Waals surface area contributed by atoms with Crippen molar-refractivity contribution >= 4 is 18.1 Å². The van der Waals surface area contributed by atoms with Gasteiger partial charge < -0.3 is 4.90 Å². The summed E-state index contributed by atoms with van der Waals surface area (Å²) >= 11 is 1.68. The maximum absolute atomic E-state index is 4.25. The molecule has 3 rings (SSSR count). The van der Waals surface area contributed by atoms with Gasteiger partial charge >= 0.3 is 0 Å². The fraction of sp³-hybridized carbons (Fsp3) is 0.538. The third kappa shape index (κ3) is 8.83. The standard InChI is InChI=1S/C12H12N2S.C12H23N.C2H6/c1-9-12(15-8-14-9)11-5-3-10(4-6-11)7-13-2;1-10-6-7-13(9-10)11(2)8-12(3,4)5;1-2/h3-6,8H,2,7H2,1H3;10H,2,6-9H2,1,3-5H3;1-2H3/p+1. The summed E-state index contributed by atoms with van der Waals surface area (Å²) in [6.07, 6.45) is 2.46. The highest BCUT2D eigenvalue weighted by molar-refractivity contribution is 7.13. The Bertz CT molecular complexity index is 768. The van der Waals surface area contributed by atoms with Gasteiger partial charge in [-0.1, -0.05) is 72.4 Å². The number of benzene rings is 1. The van der Waals surface area contributed by atoms with Crippen LogP contribution in [0.2, 0.25) is 0 Å². The number of allylic oxidation sites excluding steroid dienone is 1. The van der Waals surface area contributed by atoms with E-state index < -0.39 is 0 Å². The average molecular weight is 429 g/mol. The lowest BCUT2D eigenvalue weighted by Crippen LogP contribution is -2.63. The molecule has 1 saturated heterocycles. The summed E-state index contributed by atoms with van der Waals surface area (Å²) in [6, 6.07) is 8.50. The van der Waals surface area contributed by atoms with Crippen LogP contribution < -0.4 is 4.99 Å². The number of hydrogen-bond acceptors (Lipinski definition) is 3. The Morgan fingerprint density at radius 3 is 2.30 bits per heavy atom. The van der Waals surface area contributed by atoms with Crippen molar-refractivity contribution in [2.24, 2.45) is 11.3 Å². The van der Waals surface area contributed by atoms with Crippen molar-refractivity contribution < 1.29 is 4.99 Å². The van der Waals surface area contributed by atoms with Gasteiger partial charge in [-0.25, -0.2) is 9.98 Å². The monoisotopic (exact) mass is 428 g/mol. The van der Waals surface area contributed by atoms with Gasteiger partial charge in [-0.2, -0.15) is 0 Å². The zero-order valence-electron chi connectivity index (χ0n) is 20.2. The van der Waals surface area contributed by atoms with E-state index in [9.17, 15) is 0 Å². The molecule has 3 nitrogen and oxygen atoms in total. The molecule has 30 heavy (non-hydrogen) atoms. The van der Waals surface area contributed by atoms with Crippen molar-refractivity contribution in [3.8, 4) is 10.4 Å². The van der Waals surface area contributed by atoms with Gasteiger partial charge in [-0.3, -0.25) is 0 Å². The van der Waals surface area contributed by atoms with Crippen molar-refractivity contribution in [1.82, 2.24) is 9.88 Å². The van der Waals surface area contributed by atoms with Crippen LogP contribution in [-0.4, -0.2) is 29.7 Å². The molecule has 0 aliphatic carbocycles. The number of hydrogen-bond donors (Lipinski definition) is 1. The van der Waals surface area contributed by atoms with Crippen LogP contribution in [0.1, 0.15) is 65.6 Å². The fourth-order valence-electron chi connectivity index (χ4n) is 3.44. The number of aryl methyl sites for hydroxylation is 1. The predicted molar refractivity (Wildman–Crippen MR) is 134 cm³/mol. The van der Waals surface area contributed by atoms with Crippen molar-refractivity contribution in [3.05, 3.63) is 53.3 Å². The quantitative estimate of drug-likeness (QED) is 0.619. The highest BCUT2D eigenvalue weighted by Crippen LogP contribution is 2.28. The molecule has 1 aliphatic heterocycles. The Morgan fingerprint density at radius 2 is 1.87 bits per heavy atom. The lowest BCUT2D eigenvalue weighted by molar-refractivity contribution is -0.465. The van der Waals surface area contributed by atoms with E-state index in [0.717, 1.165) is 24.6 Å². The molecule has 166 valence electrons. The molecule has 1 fully saturated rings. The lowest BCUT2D eigenvalue weighted by Gasteiger charge is -2.27.